The number of methoxy groups -OCH3 is 2. The molecule has 0 N–H and O–H groups in total. The number of aryl methyl sites for hydroxylation is 1. The van der Waals surface area contributed by atoms with Gasteiger partial charge in [-0.1, -0.05) is 0 Å². The molecule has 3 aromatic rings. The van der Waals surface area contributed by atoms with E-state index >= 15 is 0 Å². The van der Waals surface area contributed by atoms with E-state index in [0.717, 1.165) is 0 Å². The molecule has 24 heavy (non-hydrogen) atoms. The minimum Gasteiger partial charge on any atom is -0.495 e. The van der Waals surface area contributed by atoms with Gasteiger partial charge in [0.05, 0.1) is 31.4 Å². The molecule has 0 aliphatic carbocycles. The van der Waals surface area contributed by atoms with Crippen molar-refractivity contribution in [3.05, 3.63) is 33.9 Å². The highest BCUT2D eigenvalue weighted by atomic mass is 35.5. The Labute approximate surface area is 145 Å². The highest BCUT2D eigenvalue weighted by molar-refractivity contribution is 6.06. The number of nitrogens with zero attached hydrogens (tertiary/aromatic N) is 1. The number of benzene rings is 1. The average molecular weight is 354 g/mol. The van der Waals surface area contributed by atoms with Gasteiger partial charge in [-0.25, -0.2) is 0 Å². The predicted octanol–water partition coefficient (Wildman–Crippen LogP) is 3.35. The first kappa shape index (κ1) is 18.2. The van der Waals surface area contributed by atoms with Crippen LogP contribution in [0.15, 0.2) is 26.0 Å². The second-order valence-electron chi connectivity index (χ2n) is 5.64. The zero-order valence-electron chi connectivity index (χ0n) is 14.3. The molecule has 0 spiro atoms. The van der Waals surface area contributed by atoms with Crippen LogP contribution in [0.5, 0.6) is 11.5 Å². The minimum absolute atomic E-state index is 0. The van der Waals surface area contributed by atoms with Gasteiger partial charge >= 0.3 is 0 Å². The number of ether oxygens (including phenoxy) is 2. The molecule has 0 amide bonds. The van der Waals surface area contributed by atoms with Crippen molar-refractivity contribution in [2.24, 2.45) is 0 Å². The zero-order valence-corrected chi connectivity index (χ0v) is 15.1. The monoisotopic (exact) mass is 353 g/mol. The van der Waals surface area contributed by atoms with Crippen molar-refractivity contribution >= 4 is 34.3 Å². The molecule has 2 aromatic heterocycles. The Morgan fingerprint density at radius 1 is 1.12 bits per heavy atom. The molecule has 0 aliphatic heterocycles. The van der Waals surface area contributed by atoms with Crippen molar-refractivity contribution in [2.75, 3.05) is 28.3 Å². The van der Waals surface area contributed by atoms with Crippen molar-refractivity contribution < 1.29 is 18.3 Å². The van der Waals surface area contributed by atoms with Crippen LogP contribution in [0.25, 0.3) is 21.9 Å². The Kier molecular flexibility index (Phi) is 5.11. The molecule has 0 saturated heterocycles. The van der Waals surface area contributed by atoms with Gasteiger partial charge in [-0.3, -0.25) is 4.79 Å². The lowest BCUT2D eigenvalue weighted by atomic mass is 10.1. The van der Waals surface area contributed by atoms with Crippen LogP contribution in [-0.2, 0) is 6.54 Å². The molecule has 1 aromatic carbocycles. The van der Waals surface area contributed by atoms with Crippen LogP contribution >= 0.6 is 12.4 Å². The van der Waals surface area contributed by atoms with Gasteiger partial charge in [0.15, 0.2) is 11.2 Å². The van der Waals surface area contributed by atoms with Crippen LogP contribution in [0, 0.1) is 6.92 Å². The number of furan rings is 1. The highest BCUT2D eigenvalue weighted by Crippen LogP contribution is 2.42. The number of rotatable bonds is 4. The Morgan fingerprint density at radius 3 is 2.38 bits per heavy atom. The number of hydrogen-bond donors (Lipinski definition) is 0. The number of hydrogen-bond acceptors (Lipinski definition) is 6. The fraction of sp³-hybridized carbons (Fsp3) is 0.353. The van der Waals surface area contributed by atoms with Gasteiger partial charge in [-0.2, -0.15) is 0 Å². The smallest absolute Gasteiger partial charge is 0.206 e. The SMILES string of the molecule is COc1c2occc2c(OC)c2c(=O)c(CN(C)C)c(C)oc12.Cl. The minimum atomic E-state index is -0.115. The summed E-state index contributed by atoms with van der Waals surface area (Å²) in [5.41, 5.74) is 1.33. The molecule has 0 fully saturated rings. The largest absolute Gasteiger partial charge is 0.495 e. The standard InChI is InChI=1S/C17H19NO5.ClH/c1-9-11(8-18(2)3)13(19)12-14(20-4)10-6-7-22-15(10)17(21-5)16(12)23-9;/h6-7H,8H2,1-5H3;1H. The predicted molar refractivity (Wildman–Crippen MR) is 94.7 cm³/mol. The van der Waals surface area contributed by atoms with Gasteiger partial charge in [-0.05, 0) is 27.1 Å². The van der Waals surface area contributed by atoms with Crippen LogP contribution in [0.2, 0.25) is 0 Å². The third-order valence-corrected chi connectivity index (χ3v) is 3.84. The van der Waals surface area contributed by atoms with Crippen LogP contribution < -0.4 is 14.9 Å². The molecule has 2 heterocycles. The quantitative estimate of drug-likeness (QED) is 0.716. The zero-order chi connectivity index (χ0) is 16.7. The second-order valence-corrected chi connectivity index (χ2v) is 5.64. The second kappa shape index (κ2) is 6.75. The third kappa shape index (κ3) is 2.61. The van der Waals surface area contributed by atoms with Gasteiger partial charge in [0.25, 0.3) is 0 Å². The van der Waals surface area contributed by atoms with Crippen molar-refractivity contribution in [3.8, 4) is 11.5 Å². The molecular formula is C17H20ClNO5. The Hall–Kier alpha value is -2.18. The lowest BCUT2D eigenvalue weighted by Crippen LogP contribution is -2.20. The van der Waals surface area contributed by atoms with E-state index < -0.39 is 0 Å². The molecule has 0 radical (unpaired) electrons. The van der Waals surface area contributed by atoms with Crippen molar-refractivity contribution in [1.82, 2.24) is 4.90 Å². The summed E-state index contributed by atoms with van der Waals surface area (Å²) in [6.07, 6.45) is 1.53. The number of fused-ring (bicyclic) bond motifs is 2. The first-order valence-electron chi connectivity index (χ1n) is 7.21. The summed E-state index contributed by atoms with van der Waals surface area (Å²) >= 11 is 0. The average Bonchev–Trinajstić information content (AvgIpc) is 2.98. The molecule has 0 bridgehead atoms. The normalized spacial score (nSPS) is 11.1. The molecule has 6 nitrogen and oxygen atoms in total. The van der Waals surface area contributed by atoms with Crippen LogP contribution in [-0.4, -0.2) is 33.2 Å². The Bertz CT molecular complexity index is 942. The molecule has 0 aliphatic rings. The fourth-order valence-corrected chi connectivity index (χ4v) is 2.84. The molecule has 3 rings (SSSR count). The maximum Gasteiger partial charge on any atom is 0.206 e. The van der Waals surface area contributed by atoms with E-state index in [4.69, 9.17) is 18.3 Å². The topological polar surface area (TPSA) is 65.1 Å². The summed E-state index contributed by atoms with van der Waals surface area (Å²) in [5, 5.41) is 1.06. The van der Waals surface area contributed by atoms with E-state index in [-0.39, 0.29) is 17.8 Å². The Morgan fingerprint density at radius 2 is 1.79 bits per heavy atom. The summed E-state index contributed by atoms with van der Waals surface area (Å²) in [7, 11) is 6.85. The molecular weight excluding hydrogens is 334 g/mol. The lowest BCUT2D eigenvalue weighted by Gasteiger charge is -2.15. The van der Waals surface area contributed by atoms with E-state index in [1.165, 1.54) is 20.5 Å². The van der Waals surface area contributed by atoms with Crippen molar-refractivity contribution in [2.45, 2.75) is 13.5 Å². The summed E-state index contributed by atoms with van der Waals surface area (Å²) in [6, 6.07) is 1.75. The molecule has 0 atom stereocenters. The Balaban J connectivity index is 0.00000208. The van der Waals surface area contributed by atoms with E-state index in [1.807, 2.05) is 19.0 Å². The molecule has 7 heteroatoms. The maximum atomic E-state index is 13.0. The molecule has 0 saturated carbocycles. The van der Waals surface area contributed by atoms with E-state index in [0.29, 0.717) is 51.3 Å². The fourth-order valence-electron chi connectivity index (χ4n) is 2.84. The molecule has 0 unspecified atom stereocenters. The van der Waals surface area contributed by atoms with Crippen LogP contribution in [0.3, 0.4) is 0 Å². The maximum absolute atomic E-state index is 13.0. The van der Waals surface area contributed by atoms with Gasteiger partial charge in [0, 0.05) is 6.54 Å². The van der Waals surface area contributed by atoms with Crippen LogP contribution in [0.1, 0.15) is 11.3 Å². The van der Waals surface area contributed by atoms with Gasteiger partial charge in [0.2, 0.25) is 11.2 Å². The first-order chi connectivity index (χ1) is 11.0. The van der Waals surface area contributed by atoms with Gasteiger partial charge in [-0.15, -0.1) is 12.4 Å². The summed E-state index contributed by atoms with van der Waals surface area (Å²) in [6.45, 7) is 2.26. The first-order valence-corrected chi connectivity index (χ1v) is 7.21. The summed E-state index contributed by atoms with van der Waals surface area (Å²) in [4.78, 5) is 15.0. The van der Waals surface area contributed by atoms with E-state index in [2.05, 4.69) is 0 Å². The third-order valence-electron chi connectivity index (χ3n) is 3.84. The summed E-state index contributed by atoms with van der Waals surface area (Å²) in [5.74, 6) is 1.40. The van der Waals surface area contributed by atoms with E-state index in [1.54, 1.807) is 13.0 Å². The van der Waals surface area contributed by atoms with Crippen LogP contribution in [0.4, 0.5) is 0 Å². The molecule has 130 valence electrons. The lowest BCUT2D eigenvalue weighted by molar-refractivity contribution is 0.383. The van der Waals surface area contributed by atoms with Gasteiger partial charge < -0.3 is 23.2 Å². The number of halogens is 1. The highest BCUT2D eigenvalue weighted by Gasteiger charge is 2.24. The van der Waals surface area contributed by atoms with Crippen molar-refractivity contribution in [3.63, 3.8) is 0 Å². The van der Waals surface area contributed by atoms with E-state index in [9.17, 15) is 4.79 Å². The van der Waals surface area contributed by atoms with Gasteiger partial charge in [0.1, 0.15) is 16.9 Å². The van der Waals surface area contributed by atoms with Crippen molar-refractivity contribution in [1.29, 1.82) is 0 Å². The summed E-state index contributed by atoms with van der Waals surface area (Å²) < 4.78 is 22.3.